The van der Waals surface area contributed by atoms with Crippen LogP contribution >= 0.6 is 0 Å². The Balaban J connectivity index is 0.983. The molecule has 0 bridgehead atoms. The Morgan fingerprint density at radius 3 is 1.03 bits per heavy atom. The van der Waals surface area contributed by atoms with Crippen LogP contribution in [-0.2, 0) is 0 Å². The SMILES string of the molecule is c1ccc(-c2cccc(-c3cccc(C(c4cccc(-c5ccc(-c6ccc7oc8ccccc8c7c6)cc5)c4)c4cccc(-c5cccc(-c6ccccc6)c5)c4)c3)c2)cc1. The highest BCUT2D eigenvalue weighted by molar-refractivity contribution is 6.06. The Hall–Kier alpha value is -8.00. The van der Waals surface area contributed by atoms with Gasteiger partial charge in [-0.2, -0.15) is 0 Å². The number of hydrogen-bond acceptors (Lipinski definition) is 1. The van der Waals surface area contributed by atoms with Crippen molar-refractivity contribution in [3.63, 3.8) is 0 Å². The lowest BCUT2D eigenvalue weighted by atomic mass is 9.82. The van der Waals surface area contributed by atoms with E-state index in [-0.39, 0.29) is 5.92 Å². The second-order valence-electron chi connectivity index (χ2n) is 16.1. The molecule has 0 aliphatic heterocycles. The summed E-state index contributed by atoms with van der Waals surface area (Å²) in [7, 11) is 0. The summed E-state index contributed by atoms with van der Waals surface area (Å²) in [6.07, 6.45) is 0. The van der Waals surface area contributed by atoms with E-state index in [0.717, 1.165) is 21.9 Å². The summed E-state index contributed by atoms with van der Waals surface area (Å²) >= 11 is 0. The lowest BCUT2D eigenvalue weighted by Gasteiger charge is -2.22. The highest BCUT2D eigenvalue weighted by Crippen LogP contribution is 2.39. The summed E-state index contributed by atoms with van der Waals surface area (Å²) in [6, 6.07) is 90.2. The molecule has 0 spiro atoms. The summed E-state index contributed by atoms with van der Waals surface area (Å²) in [5.41, 5.74) is 20.0. The fourth-order valence-corrected chi connectivity index (χ4v) is 9.05. The van der Waals surface area contributed by atoms with E-state index < -0.39 is 0 Å². The van der Waals surface area contributed by atoms with Crippen molar-refractivity contribution in [2.24, 2.45) is 0 Å². The summed E-state index contributed by atoms with van der Waals surface area (Å²) in [6.45, 7) is 0. The Bertz CT molecular complexity index is 3210. The molecule has 11 aromatic rings. The minimum absolute atomic E-state index is 0.0137. The molecule has 1 heterocycles. The molecule has 0 saturated carbocycles. The zero-order chi connectivity index (χ0) is 41.2. The first kappa shape index (κ1) is 37.0. The van der Waals surface area contributed by atoms with Crippen LogP contribution in [-0.4, -0.2) is 0 Å². The quantitative estimate of drug-likeness (QED) is 0.133. The first-order chi connectivity index (χ1) is 30.7. The zero-order valence-electron chi connectivity index (χ0n) is 34.2. The van der Waals surface area contributed by atoms with Gasteiger partial charge in [0, 0.05) is 16.7 Å². The van der Waals surface area contributed by atoms with Crippen LogP contribution in [0.1, 0.15) is 22.6 Å². The predicted octanol–water partition coefficient (Wildman–Crippen LogP) is 16.8. The third-order valence-corrected chi connectivity index (χ3v) is 12.2. The number of benzene rings is 10. The molecule has 0 amide bonds. The van der Waals surface area contributed by atoms with Crippen molar-refractivity contribution in [3.05, 3.63) is 265 Å². The van der Waals surface area contributed by atoms with Crippen LogP contribution in [0.4, 0.5) is 0 Å². The first-order valence-corrected chi connectivity index (χ1v) is 21.3. The van der Waals surface area contributed by atoms with E-state index in [9.17, 15) is 0 Å². The molecular formula is C61H42O. The second-order valence-corrected chi connectivity index (χ2v) is 16.1. The molecule has 0 aliphatic rings. The average molecular weight is 791 g/mol. The van der Waals surface area contributed by atoms with Crippen LogP contribution in [0.3, 0.4) is 0 Å². The van der Waals surface area contributed by atoms with Gasteiger partial charge in [0.25, 0.3) is 0 Å². The van der Waals surface area contributed by atoms with E-state index in [4.69, 9.17) is 4.42 Å². The largest absolute Gasteiger partial charge is 0.456 e. The van der Waals surface area contributed by atoms with Gasteiger partial charge in [-0.3, -0.25) is 0 Å². The average Bonchev–Trinajstić information content (AvgIpc) is 3.73. The second kappa shape index (κ2) is 16.2. The van der Waals surface area contributed by atoms with Gasteiger partial charge in [-0.25, -0.2) is 0 Å². The molecule has 292 valence electrons. The Labute approximate surface area is 362 Å². The van der Waals surface area contributed by atoms with Crippen LogP contribution in [0.5, 0.6) is 0 Å². The van der Waals surface area contributed by atoms with Gasteiger partial charge in [0.1, 0.15) is 11.2 Å². The lowest BCUT2D eigenvalue weighted by molar-refractivity contribution is 0.669. The monoisotopic (exact) mass is 790 g/mol. The van der Waals surface area contributed by atoms with Crippen LogP contribution in [0.25, 0.3) is 88.7 Å². The van der Waals surface area contributed by atoms with Crippen LogP contribution in [0.15, 0.2) is 253 Å². The number of fused-ring (bicyclic) bond motifs is 3. The molecule has 1 heteroatoms. The minimum atomic E-state index is -0.0137. The smallest absolute Gasteiger partial charge is 0.135 e. The molecule has 0 aliphatic carbocycles. The Morgan fingerprint density at radius 2 is 0.532 bits per heavy atom. The van der Waals surface area contributed by atoms with Gasteiger partial charge < -0.3 is 4.42 Å². The fourth-order valence-electron chi connectivity index (χ4n) is 9.05. The maximum absolute atomic E-state index is 6.12. The van der Waals surface area contributed by atoms with Crippen molar-refractivity contribution in [1.82, 2.24) is 0 Å². The predicted molar refractivity (Wildman–Crippen MR) is 260 cm³/mol. The number of hydrogen-bond donors (Lipinski definition) is 0. The van der Waals surface area contributed by atoms with Gasteiger partial charge >= 0.3 is 0 Å². The van der Waals surface area contributed by atoms with E-state index in [1.807, 2.05) is 12.1 Å². The number of para-hydroxylation sites is 1. The highest BCUT2D eigenvalue weighted by Gasteiger charge is 2.20. The zero-order valence-corrected chi connectivity index (χ0v) is 34.2. The van der Waals surface area contributed by atoms with Gasteiger partial charge in [0.05, 0.1) is 0 Å². The molecule has 11 rings (SSSR count). The molecule has 0 radical (unpaired) electrons. The van der Waals surface area contributed by atoms with Crippen molar-refractivity contribution in [1.29, 1.82) is 0 Å². The van der Waals surface area contributed by atoms with Crippen molar-refractivity contribution in [2.45, 2.75) is 5.92 Å². The van der Waals surface area contributed by atoms with Crippen molar-refractivity contribution in [2.75, 3.05) is 0 Å². The molecule has 1 aromatic heterocycles. The van der Waals surface area contributed by atoms with Gasteiger partial charge in [-0.15, -0.1) is 0 Å². The first-order valence-electron chi connectivity index (χ1n) is 21.3. The standard InChI is InChI=1S/C61H42O/c1-3-14-42(15-4-1)46-18-9-21-49(36-46)51-23-12-26-55(39-51)61(56-27-13-24-52(40-56)50-22-10-19-47(37-50)43-16-5-2-6-17-43)54-25-11-20-48(38-54)44-30-32-45(33-31-44)53-34-35-60-58(41-53)57-28-7-8-29-59(57)62-60/h1-41,61H. The van der Waals surface area contributed by atoms with Gasteiger partial charge in [0.15, 0.2) is 0 Å². The molecule has 0 saturated heterocycles. The summed E-state index contributed by atoms with van der Waals surface area (Å²) < 4.78 is 6.12. The highest BCUT2D eigenvalue weighted by atomic mass is 16.3. The van der Waals surface area contributed by atoms with Gasteiger partial charge in [0.2, 0.25) is 0 Å². The third kappa shape index (κ3) is 7.31. The normalized spacial score (nSPS) is 11.4. The van der Waals surface area contributed by atoms with Crippen molar-refractivity contribution in [3.8, 4) is 66.8 Å². The molecule has 0 atom stereocenters. The molecular weight excluding hydrogens is 749 g/mol. The summed E-state index contributed by atoms with van der Waals surface area (Å²) in [4.78, 5) is 0. The van der Waals surface area contributed by atoms with Crippen LogP contribution < -0.4 is 0 Å². The number of rotatable bonds is 9. The molecule has 0 unspecified atom stereocenters. The molecule has 0 fully saturated rings. The van der Waals surface area contributed by atoms with Gasteiger partial charge in [-0.1, -0.05) is 218 Å². The van der Waals surface area contributed by atoms with Gasteiger partial charge in [-0.05, 0) is 114 Å². The minimum Gasteiger partial charge on any atom is -0.456 e. The van der Waals surface area contributed by atoms with E-state index in [1.165, 1.54) is 83.5 Å². The maximum Gasteiger partial charge on any atom is 0.135 e. The summed E-state index contributed by atoms with van der Waals surface area (Å²) in [5.74, 6) is -0.0137. The Kier molecular flexibility index (Phi) is 9.69. The van der Waals surface area contributed by atoms with Crippen molar-refractivity contribution >= 4 is 21.9 Å². The lowest BCUT2D eigenvalue weighted by Crippen LogP contribution is -2.04. The molecule has 10 aromatic carbocycles. The molecule has 0 N–H and O–H groups in total. The van der Waals surface area contributed by atoms with Crippen molar-refractivity contribution < 1.29 is 4.42 Å². The topological polar surface area (TPSA) is 13.1 Å². The van der Waals surface area contributed by atoms with E-state index >= 15 is 0 Å². The Morgan fingerprint density at radius 1 is 0.210 bits per heavy atom. The fraction of sp³-hybridized carbons (Fsp3) is 0.0164. The van der Waals surface area contributed by atoms with Crippen LogP contribution in [0, 0.1) is 0 Å². The molecule has 1 nitrogen and oxygen atoms in total. The van der Waals surface area contributed by atoms with E-state index in [0.29, 0.717) is 0 Å². The maximum atomic E-state index is 6.12. The van der Waals surface area contributed by atoms with E-state index in [1.54, 1.807) is 0 Å². The third-order valence-electron chi connectivity index (χ3n) is 12.2. The van der Waals surface area contributed by atoms with E-state index in [2.05, 4.69) is 237 Å². The van der Waals surface area contributed by atoms with Crippen LogP contribution in [0.2, 0.25) is 0 Å². The number of furan rings is 1. The summed E-state index contributed by atoms with van der Waals surface area (Å²) in [5, 5.41) is 2.28. The molecule has 62 heavy (non-hydrogen) atoms.